The van der Waals surface area contributed by atoms with E-state index in [1.54, 1.807) is 25.1 Å². The minimum absolute atomic E-state index is 0.189. The van der Waals surface area contributed by atoms with Gasteiger partial charge in [0.1, 0.15) is 11.6 Å². The smallest absolute Gasteiger partial charge is 0.338 e. The Morgan fingerprint density at radius 1 is 1.17 bits per heavy atom. The molecule has 4 rings (SSSR count). The van der Waals surface area contributed by atoms with Crippen LogP contribution in [0.1, 0.15) is 24.1 Å². The molecular formula is C22H16F2N2O3S. The van der Waals surface area contributed by atoms with Crippen molar-refractivity contribution in [2.75, 3.05) is 7.11 Å². The molecule has 0 amide bonds. The Morgan fingerprint density at radius 3 is 2.53 bits per heavy atom. The number of nitrogens with zero attached hydrogens (tertiary/aromatic N) is 2. The standard InChI is InChI=1S/C22H16F2N2O3S/c1-12-18(21(28)29-2)19(13-7-9-15(23)10-8-13)26-20(27)17(30-22(26)25-12)11-14-5-3-4-6-16(14)24/h3-11,19H,1-2H3/b17-11+/t19-/m1/s1. The maximum absolute atomic E-state index is 14.1. The first-order valence-electron chi connectivity index (χ1n) is 9.01. The van der Waals surface area contributed by atoms with Gasteiger partial charge in [-0.25, -0.2) is 18.6 Å². The summed E-state index contributed by atoms with van der Waals surface area (Å²) in [7, 11) is 1.24. The first-order chi connectivity index (χ1) is 14.4. The van der Waals surface area contributed by atoms with E-state index in [0.29, 0.717) is 16.1 Å². The maximum atomic E-state index is 14.1. The number of aromatic nitrogens is 1. The van der Waals surface area contributed by atoms with Gasteiger partial charge in [0.25, 0.3) is 5.56 Å². The second-order valence-electron chi connectivity index (χ2n) is 6.65. The van der Waals surface area contributed by atoms with Crippen LogP contribution in [0, 0.1) is 11.6 Å². The zero-order valence-electron chi connectivity index (χ0n) is 16.1. The zero-order valence-corrected chi connectivity index (χ0v) is 16.9. The minimum Gasteiger partial charge on any atom is -0.466 e. The van der Waals surface area contributed by atoms with Gasteiger partial charge in [0.05, 0.1) is 29.0 Å². The van der Waals surface area contributed by atoms with Crippen LogP contribution >= 0.6 is 11.3 Å². The molecule has 0 spiro atoms. The highest BCUT2D eigenvalue weighted by molar-refractivity contribution is 7.07. The number of carbonyl (C=O) groups excluding carboxylic acids is 1. The lowest BCUT2D eigenvalue weighted by atomic mass is 9.96. The molecule has 0 bridgehead atoms. The number of methoxy groups -OCH3 is 1. The Bertz CT molecular complexity index is 1350. The maximum Gasteiger partial charge on any atom is 0.338 e. The number of esters is 1. The van der Waals surface area contributed by atoms with Gasteiger partial charge in [0, 0.05) is 5.56 Å². The van der Waals surface area contributed by atoms with Gasteiger partial charge < -0.3 is 4.74 Å². The fourth-order valence-corrected chi connectivity index (χ4v) is 4.42. The lowest BCUT2D eigenvalue weighted by molar-refractivity contribution is -0.136. The summed E-state index contributed by atoms with van der Waals surface area (Å²) in [6.07, 6.45) is 1.46. The molecule has 2 heterocycles. The number of halogens is 2. The van der Waals surface area contributed by atoms with Crippen LogP contribution in [0.25, 0.3) is 6.08 Å². The van der Waals surface area contributed by atoms with E-state index in [1.165, 1.54) is 48.1 Å². The van der Waals surface area contributed by atoms with Crippen molar-refractivity contribution in [2.45, 2.75) is 13.0 Å². The molecule has 0 saturated carbocycles. The molecule has 1 atom stereocenters. The normalized spacial score (nSPS) is 16.3. The quantitative estimate of drug-likeness (QED) is 0.605. The van der Waals surface area contributed by atoms with Crippen molar-refractivity contribution in [3.63, 3.8) is 0 Å². The molecule has 5 nitrogen and oxygen atoms in total. The molecule has 3 aromatic rings. The summed E-state index contributed by atoms with van der Waals surface area (Å²) in [6, 6.07) is 10.8. The van der Waals surface area contributed by atoms with E-state index < -0.39 is 29.2 Å². The molecule has 2 aromatic carbocycles. The van der Waals surface area contributed by atoms with E-state index in [-0.39, 0.29) is 15.7 Å². The molecule has 1 aliphatic heterocycles. The van der Waals surface area contributed by atoms with E-state index in [4.69, 9.17) is 4.74 Å². The highest BCUT2D eigenvalue weighted by Gasteiger charge is 2.33. The number of rotatable bonds is 3. The number of hydrogen-bond acceptors (Lipinski definition) is 5. The average molecular weight is 426 g/mol. The van der Waals surface area contributed by atoms with E-state index in [9.17, 15) is 18.4 Å². The first kappa shape index (κ1) is 19.9. The summed E-state index contributed by atoms with van der Waals surface area (Å²) in [6.45, 7) is 1.65. The Labute approximate surface area is 173 Å². The molecule has 30 heavy (non-hydrogen) atoms. The molecule has 1 aromatic heterocycles. The average Bonchev–Trinajstić information content (AvgIpc) is 3.03. The second kappa shape index (κ2) is 7.79. The predicted octanol–water partition coefficient (Wildman–Crippen LogP) is 2.69. The van der Waals surface area contributed by atoms with Crippen molar-refractivity contribution >= 4 is 23.4 Å². The number of carbonyl (C=O) groups is 1. The SMILES string of the molecule is COC(=O)C1=C(C)N=c2s/c(=C/c3ccccc3F)c(=O)n2[C@@H]1c1ccc(F)cc1. The highest BCUT2D eigenvalue weighted by atomic mass is 32.1. The summed E-state index contributed by atoms with van der Waals surface area (Å²) in [5.74, 6) is -1.52. The third-order valence-electron chi connectivity index (χ3n) is 4.80. The Balaban J connectivity index is 1.99. The van der Waals surface area contributed by atoms with E-state index in [1.807, 2.05) is 0 Å². The monoisotopic (exact) mass is 426 g/mol. The number of fused-ring (bicyclic) bond motifs is 1. The summed E-state index contributed by atoms with van der Waals surface area (Å²) in [5.41, 5.74) is 0.962. The van der Waals surface area contributed by atoms with Crippen molar-refractivity contribution in [2.24, 2.45) is 4.99 Å². The largest absolute Gasteiger partial charge is 0.466 e. The van der Waals surface area contributed by atoms with Crippen LogP contribution in [0.15, 0.2) is 69.6 Å². The van der Waals surface area contributed by atoms with Crippen LogP contribution in [0.2, 0.25) is 0 Å². The lowest BCUT2D eigenvalue weighted by Crippen LogP contribution is -2.39. The van der Waals surface area contributed by atoms with Gasteiger partial charge in [-0.15, -0.1) is 0 Å². The van der Waals surface area contributed by atoms with Gasteiger partial charge in [0.2, 0.25) is 0 Å². The Kier molecular flexibility index (Phi) is 5.17. The fourth-order valence-electron chi connectivity index (χ4n) is 3.39. The number of ether oxygens (including phenoxy) is 1. The molecule has 0 radical (unpaired) electrons. The number of allylic oxidation sites excluding steroid dienone is 1. The van der Waals surface area contributed by atoms with Crippen molar-refractivity contribution in [3.8, 4) is 0 Å². The minimum atomic E-state index is -0.836. The second-order valence-corrected chi connectivity index (χ2v) is 7.66. The van der Waals surface area contributed by atoms with Crippen LogP contribution in [0.4, 0.5) is 8.78 Å². The first-order valence-corrected chi connectivity index (χ1v) is 9.83. The van der Waals surface area contributed by atoms with Crippen LogP contribution in [0.5, 0.6) is 0 Å². The van der Waals surface area contributed by atoms with Gasteiger partial charge in [-0.05, 0) is 36.8 Å². The van der Waals surface area contributed by atoms with Crippen molar-refractivity contribution in [1.82, 2.24) is 4.57 Å². The highest BCUT2D eigenvalue weighted by Crippen LogP contribution is 2.30. The summed E-state index contributed by atoms with van der Waals surface area (Å²) in [4.78, 5) is 30.5. The third kappa shape index (κ3) is 3.39. The number of thiazole rings is 1. The van der Waals surface area contributed by atoms with Gasteiger partial charge >= 0.3 is 5.97 Å². The Morgan fingerprint density at radius 2 is 1.87 bits per heavy atom. The molecule has 8 heteroatoms. The topological polar surface area (TPSA) is 60.7 Å². The number of hydrogen-bond donors (Lipinski definition) is 0. The van der Waals surface area contributed by atoms with Gasteiger partial charge in [-0.3, -0.25) is 9.36 Å². The summed E-state index contributed by atoms with van der Waals surface area (Å²) in [5, 5.41) is 0. The van der Waals surface area contributed by atoms with Crippen molar-refractivity contribution < 1.29 is 18.3 Å². The molecule has 152 valence electrons. The summed E-state index contributed by atoms with van der Waals surface area (Å²) < 4.78 is 34.1. The van der Waals surface area contributed by atoms with Crippen LogP contribution in [-0.2, 0) is 9.53 Å². The lowest BCUT2D eigenvalue weighted by Gasteiger charge is -2.24. The van der Waals surface area contributed by atoms with Gasteiger partial charge in [0.15, 0.2) is 4.80 Å². The fraction of sp³-hybridized carbons (Fsp3) is 0.136. The van der Waals surface area contributed by atoms with Crippen molar-refractivity contribution in [3.05, 3.63) is 102 Å². The van der Waals surface area contributed by atoms with Crippen LogP contribution in [-0.4, -0.2) is 17.6 Å². The third-order valence-corrected chi connectivity index (χ3v) is 5.79. The number of benzene rings is 2. The zero-order chi connectivity index (χ0) is 21.4. The van der Waals surface area contributed by atoms with Crippen LogP contribution < -0.4 is 14.9 Å². The Hall–Kier alpha value is -3.39. The molecular weight excluding hydrogens is 410 g/mol. The molecule has 0 saturated heterocycles. The molecule has 1 aliphatic rings. The van der Waals surface area contributed by atoms with Crippen molar-refractivity contribution in [1.29, 1.82) is 0 Å². The molecule has 0 aliphatic carbocycles. The molecule has 0 fully saturated rings. The van der Waals surface area contributed by atoms with E-state index >= 15 is 0 Å². The summed E-state index contributed by atoms with van der Waals surface area (Å²) >= 11 is 1.09. The molecule has 0 unspecified atom stereocenters. The van der Waals surface area contributed by atoms with Crippen LogP contribution in [0.3, 0.4) is 0 Å². The van der Waals surface area contributed by atoms with E-state index in [2.05, 4.69) is 4.99 Å². The van der Waals surface area contributed by atoms with Gasteiger partial charge in [-0.2, -0.15) is 0 Å². The molecule has 0 N–H and O–H groups in total. The predicted molar refractivity (Wildman–Crippen MR) is 109 cm³/mol. The van der Waals surface area contributed by atoms with E-state index in [0.717, 1.165) is 11.3 Å². The van der Waals surface area contributed by atoms with Gasteiger partial charge in [-0.1, -0.05) is 41.7 Å².